The van der Waals surface area contributed by atoms with E-state index in [0.29, 0.717) is 11.5 Å². The normalized spacial score (nSPS) is 35.9. The molecule has 0 saturated heterocycles. The van der Waals surface area contributed by atoms with Crippen LogP contribution in [0.5, 0.6) is 0 Å². The van der Waals surface area contributed by atoms with Gasteiger partial charge in [-0.2, -0.15) is 0 Å². The number of fused-ring (bicyclic) bond motifs is 2. The van der Waals surface area contributed by atoms with Crippen molar-refractivity contribution in [3.8, 4) is 0 Å². The summed E-state index contributed by atoms with van der Waals surface area (Å²) in [4.78, 5) is 0. The van der Waals surface area contributed by atoms with Crippen LogP contribution in [0.4, 0.5) is 0 Å². The fraction of sp³-hybridized carbons (Fsp3) is 1.00. The van der Waals surface area contributed by atoms with Crippen LogP contribution >= 0.6 is 0 Å². The number of rotatable bonds is 6. The summed E-state index contributed by atoms with van der Waals surface area (Å²) >= 11 is 0. The van der Waals surface area contributed by atoms with Gasteiger partial charge in [0.05, 0.1) is 0 Å². The van der Waals surface area contributed by atoms with Crippen LogP contribution in [0, 0.1) is 23.2 Å². The number of hydrogen-bond donors (Lipinski definition) is 2. The van der Waals surface area contributed by atoms with Crippen LogP contribution in [-0.2, 0) is 0 Å². The standard InChI is InChI=1S/C21H40N2/c1-16(23-19-9-7-5-4-6-8-10-19)14-22-15-17-11-12-18-13-20(17)21(18,2)3/h16-20,22-23H,4-15H2,1-3H3/t16?,17-,18-,20-/m0/s1. The third-order valence-corrected chi connectivity index (χ3v) is 7.48. The van der Waals surface area contributed by atoms with Crippen LogP contribution in [0.15, 0.2) is 0 Å². The molecule has 134 valence electrons. The molecule has 0 radical (unpaired) electrons. The van der Waals surface area contributed by atoms with E-state index < -0.39 is 0 Å². The molecule has 0 aromatic rings. The lowest BCUT2D eigenvalue weighted by molar-refractivity contribution is -0.103. The van der Waals surface area contributed by atoms with E-state index in [2.05, 4.69) is 31.4 Å². The molecule has 4 rings (SSSR count). The SMILES string of the molecule is CC(CNC[C@@H]1CC[C@H]2C[C@@H]1C2(C)C)NC1CCCCCCC1. The van der Waals surface area contributed by atoms with Gasteiger partial charge in [0.15, 0.2) is 0 Å². The highest BCUT2D eigenvalue weighted by Gasteiger charge is 2.53. The summed E-state index contributed by atoms with van der Waals surface area (Å²) in [5.74, 6) is 2.95. The Hall–Kier alpha value is -0.0800. The second kappa shape index (κ2) is 7.87. The van der Waals surface area contributed by atoms with Crippen LogP contribution in [0.3, 0.4) is 0 Å². The Morgan fingerprint density at radius 3 is 2.30 bits per heavy atom. The maximum Gasteiger partial charge on any atom is 0.0166 e. The Kier molecular flexibility index (Phi) is 6.07. The Bertz CT molecular complexity index is 355. The number of hydrogen-bond acceptors (Lipinski definition) is 2. The van der Waals surface area contributed by atoms with Gasteiger partial charge in [0.25, 0.3) is 0 Å². The van der Waals surface area contributed by atoms with Crippen molar-refractivity contribution in [2.75, 3.05) is 13.1 Å². The maximum absolute atomic E-state index is 3.90. The summed E-state index contributed by atoms with van der Waals surface area (Å²) < 4.78 is 0. The largest absolute Gasteiger partial charge is 0.315 e. The van der Waals surface area contributed by atoms with Crippen LogP contribution < -0.4 is 10.6 Å². The molecular formula is C21H40N2. The molecule has 4 saturated carbocycles. The van der Waals surface area contributed by atoms with Crippen molar-refractivity contribution >= 4 is 0 Å². The van der Waals surface area contributed by atoms with Gasteiger partial charge in [-0.25, -0.2) is 0 Å². The minimum atomic E-state index is 0.616. The average molecular weight is 321 g/mol. The minimum Gasteiger partial charge on any atom is -0.315 e. The first-order valence-corrected chi connectivity index (χ1v) is 10.5. The summed E-state index contributed by atoms with van der Waals surface area (Å²) in [5, 5.41) is 7.70. The van der Waals surface area contributed by atoms with Crippen LogP contribution in [-0.4, -0.2) is 25.2 Å². The monoisotopic (exact) mass is 320 g/mol. The van der Waals surface area contributed by atoms with Crippen molar-refractivity contribution in [2.24, 2.45) is 23.2 Å². The Labute approximate surface area is 144 Å². The number of nitrogens with one attached hydrogen (secondary N) is 2. The molecule has 0 aromatic carbocycles. The van der Waals surface area contributed by atoms with Crippen molar-refractivity contribution in [1.29, 1.82) is 0 Å². The maximum atomic E-state index is 3.90. The molecule has 4 aliphatic carbocycles. The zero-order valence-electron chi connectivity index (χ0n) is 15.9. The highest BCUT2D eigenvalue weighted by molar-refractivity contribution is 5.03. The lowest BCUT2D eigenvalue weighted by Crippen LogP contribution is -2.54. The van der Waals surface area contributed by atoms with Crippen molar-refractivity contribution in [2.45, 2.75) is 97.1 Å². The highest BCUT2D eigenvalue weighted by Crippen LogP contribution is 2.61. The lowest BCUT2D eigenvalue weighted by atomic mass is 9.45. The van der Waals surface area contributed by atoms with Crippen molar-refractivity contribution in [3.05, 3.63) is 0 Å². The van der Waals surface area contributed by atoms with Gasteiger partial charge in [-0.1, -0.05) is 46.0 Å². The van der Waals surface area contributed by atoms with Crippen molar-refractivity contribution < 1.29 is 0 Å². The van der Waals surface area contributed by atoms with Crippen molar-refractivity contribution in [3.63, 3.8) is 0 Å². The van der Waals surface area contributed by atoms with E-state index in [0.717, 1.165) is 30.3 Å². The fourth-order valence-electron chi connectivity index (χ4n) is 5.78. The summed E-state index contributed by atoms with van der Waals surface area (Å²) in [5.41, 5.74) is 0.632. The molecule has 2 N–H and O–H groups in total. The second-order valence-corrected chi connectivity index (χ2v) is 9.47. The molecule has 4 atom stereocenters. The lowest BCUT2D eigenvalue weighted by Gasteiger charge is -2.60. The topological polar surface area (TPSA) is 24.1 Å². The molecule has 0 heterocycles. The van der Waals surface area contributed by atoms with Crippen molar-refractivity contribution in [1.82, 2.24) is 10.6 Å². The van der Waals surface area contributed by atoms with E-state index in [1.807, 2.05) is 0 Å². The highest BCUT2D eigenvalue weighted by atomic mass is 15.0. The minimum absolute atomic E-state index is 0.616. The molecular weight excluding hydrogens is 280 g/mol. The van der Waals surface area contributed by atoms with Gasteiger partial charge in [0.2, 0.25) is 0 Å². The van der Waals surface area contributed by atoms with Gasteiger partial charge in [-0.15, -0.1) is 0 Å². The van der Waals surface area contributed by atoms with Gasteiger partial charge >= 0.3 is 0 Å². The average Bonchev–Trinajstić information content (AvgIpc) is 2.50. The first-order chi connectivity index (χ1) is 11.1. The van der Waals surface area contributed by atoms with Gasteiger partial charge in [0.1, 0.15) is 0 Å². The first-order valence-electron chi connectivity index (χ1n) is 10.5. The molecule has 1 unspecified atom stereocenters. The molecule has 2 bridgehead atoms. The Morgan fingerprint density at radius 2 is 1.65 bits per heavy atom. The van der Waals surface area contributed by atoms with Crippen LogP contribution in [0.25, 0.3) is 0 Å². The van der Waals surface area contributed by atoms with Gasteiger partial charge < -0.3 is 10.6 Å². The van der Waals surface area contributed by atoms with Crippen LogP contribution in [0.1, 0.15) is 85.0 Å². The third-order valence-electron chi connectivity index (χ3n) is 7.48. The summed E-state index contributed by atoms with van der Waals surface area (Å²) in [6.45, 7) is 9.78. The van der Waals surface area contributed by atoms with Gasteiger partial charge in [-0.3, -0.25) is 0 Å². The molecule has 4 aliphatic rings. The fourth-order valence-corrected chi connectivity index (χ4v) is 5.78. The van der Waals surface area contributed by atoms with E-state index in [4.69, 9.17) is 0 Å². The van der Waals surface area contributed by atoms with E-state index in [-0.39, 0.29) is 0 Å². The van der Waals surface area contributed by atoms with E-state index in [1.54, 1.807) is 0 Å². The smallest absolute Gasteiger partial charge is 0.0166 e. The van der Waals surface area contributed by atoms with E-state index in [9.17, 15) is 0 Å². The molecule has 4 fully saturated rings. The first kappa shape index (κ1) is 17.7. The van der Waals surface area contributed by atoms with Gasteiger partial charge in [0, 0.05) is 18.6 Å². The summed E-state index contributed by atoms with van der Waals surface area (Å²) in [6.07, 6.45) is 14.5. The zero-order valence-corrected chi connectivity index (χ0v) is 15.9. The molecule has 0 spiro atoms. The molecule has 0 amide bonds. The summed E-state index contributed by atoms with van der Waals surface area (Å²) in [6, 6.07) is 1.39. The molecule has 0 aliphatic heterocycles. The third kappa shape index (κ3) is 4.31. The van der Waals surface area contributed by atoms with Crippen LogP contribution in [0.2, 0.25) is 0 Å². The molecule has 2 nitrogen and oxygen atoms in total. The second-order valence-electron chi connectivity index (χ2n) is 9.47. The molecule has 2 heteroatoms. The predicted molar refractivity (Wildman–Crippen MR) is 99.7 cm³/mol. The Morgan fingerprint density at radius 1 is 0.957 bits per heavy atom. The van der Waals surface area contributed by atoms with E-state index in [1.165, 1.54) is 70.8 Å². The quantitative estimate of drug-likeness (QED) is 0.738. The predicted octanol–water partition coefficient (Wildman–Crippen LogP) is 4.74. The van der Waals surface area contributed by atoms with Gasteiger partial charge in [-0.05, 0) is 68.7 Å². The zero-order chi connectivity index (χ0) is 16.3. The molecule has 0 aromatic heterocycles. The van der Waals surface area contributed by atoms with E-state index >= 15 is 0 Å². The molecule has 23 heavy (non-hydrogen) atoms. The summed E-state index contributed by atoms with van der Waals surface area (Å²) in [7, 11) is 0. The Balaban J connectivity index is 1.33.